The molecule has 1 rings (SSSR count). The smallest absolute Gasteiger partial charge is 0.221 e. The molecule has 2 atom stereocenters. The molecule has 2 unspecified atom stereocenters. The summed E-state index contributed by atoms with van der Waals surface area (Å²) < 4.78 is 0. The molecule has 1 amide bonds. The SMILES string of the molecule is NC(=O)C1CCCCC1C=O. The number of rotatable bonds is 2. The van der Waals surface area contributed by atoms with Crippen LogP contribution < -0.4 is 5.73 Å². The Morgan fingerprint density at radius 1 is 1.36 bits per heavy atom. The van der Waals surface area contributed by atoms with Gasteiger partial charge in [0.1, 0.15) is 6.29 Å². The molecule has 0 aromatic carbocycles. The van der Waals surface area contributed by atoms with Crippen molar-refractivity contribution in [1.82, 2.24) is 0 Å². The van der Waals surface area contributed by atoms with Gasteiger partial charge in [-0.05, 0) is 12.8 Å². The molecule has 0 radical (unpaired) electrons. The van der Waals surface area contributed by atoms with Crippen molar-refractivity contribution < 1.29 is 9.59 Å². The Labute approximate surface area is 66.0 Å². The zero-order chi connectivity index (χ0) is 8.27. The highest BCUT2D eigenvalue weighted by Crippen LogP contribution is 2.27. The molecule has 1 fully saturated rings. The molecule has 62 valence electrons. The standard InChI is InChI=1S/C8H13NO2/c9-8(11)7-4-2-1-3-6(7)5-10/h5-7H,1-4H2,(H2,9,11). The molecular weight excluding hydrogens is 142 g/mol. The minimum Gasteiger partial charge on any atom is -0.369 e. The average Bonchev–Trinajstić information content (AvgIpc) is 2.04. The van der Waals surface area contributed by atoms with Crippen molar-refractivity contribution in [3.63, 3.8) is 0 Å². The predicted molar refractivity (Wildman–Crippen MR) is 40.7 cm³/mol. The summed E-state index contributed by atoms with van der Waals surface area (Å²) in [7, 11) is 0. The number of carbonyl (C=O) groups is 2. The first-order valence-electron chi connectivity index (χ1n) is 4.00. The van der Waals surface area contributed by atoms with Crippen LogP contribution in [0.1, 0.15) is 25.7 Å². The van der Waals surface area contributed by atoms with Crippen LogP contribution in [0.2, 0.25) is 0 Å². The Kier molecular flexibility index (Phi) is 2.63. The first-order chi connectivity index (χ1) is 5.25. The van der Waals surface area contributed by atoms with Crippen LogP contribution in [0.3, 0.4) is 0 Å². The highest BCUT2D eigenvalue weighted by molar-refractivity contribution is 5.80. The van der Waals surface area contributed by atoms with Crippen molar-refractivity contribution in [1.29, 1.82) is 0 Å². The lowest BCUT2D eigenvalue weighted by atomic mass is 9.80. The minimum absolute atomic E-state index is 0.110. The fourth-order valence-corrected chi connectivity index (χ4v) is 1.68. The monoisotopic (exact) mass is 155 g/mol. The van der Waals surface area contributed by atoms with E-state index < -0.39 is 0 Å². The third kappa shape index (κ3) is 1.79. The van der Waals surface area contributed by atoms with Crippen LogP contribution in [0, 0.1) is 11.8 Å². The first kappa shape index (κ1) is 8.24. The van der Waals surface area contributed by atoms with E-state index in [1.807, 2.05) is 0 Å². The van der Waals surface area contributed by atoms with Crippen LogP contribution in [0.25, 0.3) is 0 Å². The number of aldehydes is 1. The van der Waals surface area contributed by atoms with Crippen LogP contribution in [-0.4, -0.2) is 12.2 Å². The number of primary amides is 1. The van der Waals surface area contributed by atoms with Gasteiger partial charge in [-0.2, -0.15) is 0 Å². The molecule has 0 aliphatic heterocycles. The highest BCUT2D eigenvalue weighted by atomic mass is 16.1. The molecule has 0 aromatic rings. The molecule has 0 bridgehead atoms. The van der Waals surface area contributed by atoms with Crippen LogP contribution >= 0.6 is 0 Å². The van der Waals surface area contributed by atoms with Gasteiger partial charge in [0.05, 0.1) is 0 Å². The first-order valence-corrected chi connectivity index (χ1v) is 4.00. The Morgan fingerprint density at radius 3 is 2.45 bits per heavy atom. The molecule has 0 spiro atoms. The third-order valence-electron chi connectivity index (χ3n) is 2.36. The fourth-order valence-electron chi connectivity index (χ4n) is 1.68. The molecule has 11 heavy (non-hydrogen) atoms. The van der Waals surface area contributed by atoms with Crippen LogP contribution in [0.15, 0.2) is 0 Å². The Bertz CT molecular complexity index is 167. The second-order valence-corrected chi connectivity index (χ2v) is 3.09. The van der Waals surface area contributed by atoms with Gasteiger partial charge in [-0.3, -0.25) is 4.79 Å². The molecule has 3 heteroatoms. The molecule has 1 aliphatic rings. The van der Waals surface area contributed by atoms with Crippen molar-refractivity contribution in [2.24, 2.45) is 17.6 Å². The normalized spacial score (nSPS) is 31.3. The van der Waals surface area contributed by atoms with Gasteiger partial charge in [0.15, 0.2) is 0 Å². The lowest BCUT2D eigenvalue weighted by Crippen LogP contribution is -2.33. The van der Waals surface area contributed by atoms with E-state index in [0.717, 1.165) is 32.0 Å². The van der Waals surface area contributed by atoms with Crippen LogP contribution in [-0.2, 0) is 9.59 Å². The third-order valence-corrected chi connectivity index (χ3v) is 2.36. The van der Waals surface area contributed by atoms with E-state index in [9.17, 15) is 9.59 Å². The van der Waals surface area contributed by atoms with Crippen LogP contribution in [0.5, 0.6) is 0 Å². The van der Waals surface area contributed by atoms with Gasteiger partial charge >= 0.3 is 0 Å². The Balaban J connectivity index is 2.58. The zero-order valence-corrected chi connectivity index (χ0v) is 6.45. The summed E-state index contributed by atoms with van der Waals surface area (Å²) in [5.41, 5.74) is 5.14. The summed E-state index contributed by atoms with van der Waals surface area (Å²) in [6, 6.07) is 0. The highest BCUT2D eigenvalue weighted by Gasteiger charge is 2.28. The predicted octanol–water partition coefficient (Wildman–Crippen LogP) is 0.477. The largest absolute Gasteiger partial charge is 0.369 e. The van der Waals surface area contributed by atoms with Gasteiger partial charge in [-0.25, -0.2) is 0 Å². The fraction of sp³-hybridized carbons (Fsp3) is 0.750. The molecule has 0 aromatic heterocycles. The zero-order valence-electron chi connectivity index (χ0n) is 6.45. The van der Waals surface area contributed by atoms with Gasteiger partial charge < -0.3 is 10.5 Å². The number of hydrogen-bond donors (Lipinski definition) is 1. The molecule has 1 saturated carbocycles. The van der Waals surface area contributed by atoms with E-state index in [1.165, 1.54) is 0 Å². The number of hydrogen-bond acceptors (Lipinski definition) is 2. The molecule has 2 N–H and O–H groups in total. The number of amides is 1. The summed E-state index contributed by atoms with van der Waals surface area (Å²) in [4.78, 5) is 21.3. The number of nitrogens with two attached hydrogens (primary N) is 1. The minimum atomic E-state index is -0.318. The van der Waals surface area contributed by atoms with Gasteiger partial charge in [0.25, 0.3) is 0 Å². The second-order valence-electron chi connectivity index (χ2n) is 3.09. The average molecular weight is 155 g/mol. The lowest BCUT2D eigenvalue weighted by molar-refractivity contribution is -0.128. The lowest BCUT2D eigenvalue weighted by Gasteiger charge is -2.24. The van der Waals surface area contributed by atoms with Crippen molar-refractivity contribution in [2.45, 2.75) is 25.7 Å². The van der Waals surface area contributed by atoms with E-state index >= 15 is 0 Å². The molecule has 0 saturated heterocycles. The van der Waals surface area contributed by atoms with Gasteiger partial charge in [-0.1, -0.05) is 12.8 Å². The van der Waals surface area contributed by atoms with Gasteiger partial charge in [0, 0.05) is 11.8 Å². The summed E-state index contributed by atoms with van der Waals surface area (Å²) >= 11 is 0. The van der Waals surface area contributed by atoms with E-state index in [2.05, 4.69) is 0 Å². The van der Waals surface area contributed by atoms with Crippen molar-refractivity contribution in [3.8, 4) is 0 Å². The number of carbonyl (C=O) groups excluding carboxylic acids is 2. The van der Waals surface area contributed by atoms with Gasteiger partial charge in [-0.15, -0.1) is 0 Å². The topological polar surface area (TPSA) is 60.2 Å². The quantitative estimate of drug-likeness (QED) is 0.589. The maximum absolute atomic E-state index is 10.8. The Morgan fingerprint density at radius 2 is 2.00 bits per heavy atom. The van der Waals surface area contributed by atoms with Crippen molar-refractivity contribution >= 4 is 12.2 Å². The Hall–Kier alpha value is -0.860. The molecule has 0 heterocycles. The maximum Gasteiger partial charge on any atom is 0.221 e. The summed E-state index contributed by atoms with van der Waals surface area (Å²) in [5.74, 6) is -0.621. The van der Waals surface area contributed by atoms with Gasteiger partial charge in [0.2, 0.25) is 5.91 Å². The maximum atomic E-state index is 10.8. The summed E-state index contributed by atoms with van der Waals surface area (Å²) in [6.45, 7) is 0. The summed E-state index contributed by atoms with van der Waals surface area (Å²) in [5, 5.41) is 0. The van der Waals surface area contributed by atoms with Crippen molar-refractivity contribution in [2.75, 3.05) is 0 Å². The van der Waals surface area contributed by atoms with E-state index in [1.54, 1.807) is 0 Å². The van der Waals surface area contributed by atoms with Crippen LogP contribution in [0.4, 0.5) is 0 Å². The van der Waals surface area contributed by atoms with Crippen molar-refractivity contribution in [3.05, 3.63) is 0 Å². The molecular formula is C8H13NO2. The second kappa shape index (κ2) is 3.51. The molecule has 1 aliphatic carbocycles. The molecule has 3 nitrogen and oxygen atoms in total. The van der Waals surface area contributed by atoms with E-state index in [0.29, 0.717) is 0 Å². The van der Waals surface area contributed by atoms with E-state index in [4.69, 9.17) is 5.73 Å². The van der Waals surface area contributed by atoms with E-state index in [-0.39, 0.29) is 17.7 Å². The summed E-state index contributed by atoms with van der Waals surface area (Å²) in [6.07, 6.45) is 4.57.